The van der Waals surface area contributed by atoms with Crippen LogP contribution in [-0.2, 0) is 18.4 Å². The van der Waals surface area contributed by atoms with Crippen molar-refractivity contribution in [3.63, 3.8) is 0 Å². The standard InChI is InChI=1S/C58H99N2O6P/c1-6-8-10-12-14-16-18-20-21-22-23-24-25-26-27-28-29-30-31-32-33-34-35-36-37-38-39-40-42-44-46-48-50-52-58(62)59-56(55-66-67(63,64)65-54-53-60(3,4)5)57(61)51-49-47-45-43-41-19-17-15-13-11-9-7-2/h8,10,14,16,20-21,23-24,26-27,29-30,32-33,35-36,38-39,42,44,56-57,61H,6-7,9,11-13,15,17-19,22,25,28,31,34,37,40-41,43,45-55H2,1-5H3,(H-,59,62,63,64)/b10-8-,16-14-,21-20-,24-23-,27-26-,30-29-,33-32-,36-35-,39-38-,44-42-. The van der Waals surface area contributed by atoms with E-state index < -0.39 is 20.0 Å². The van der Waals surface area contributed by atoms with Gasteiger partial charge in [-0.05, 0) is 89.9 Å². The molecule has 0 bridgehead atoms. The fraction of sp³-hybridized carbons (Fsp3) is 0.638. The third-order valence-electron chi connectivity index (χ3n) is 11.0. The first-order valence-electron chi connectivity index (χ1n) is 26.4. The molecule has 3 atom stereocenters. The van der Waals surface area contributed by atoms with E-state index in [2.05, 4.69) is 141 Å². The van der Waals surface area contributed by atoms with Crippen LogP contribution >= 0.6 is 7.82 Å². The van der Waals surface area contributed by atoms with Gasteiger partial charge in [0.15, 0.2) is 0 Å². The number of aliphatic hydroxyl groups excluding tert-OH is 1. The van der Waals surface area contributed by atoms with Gasteiger partial charge in [0.2, 0.25) is 5.91 Å². The number of amides is 1. The first-order chi connectivity index (χ1) is 32.5. The third kappa shape index (κ3) is 50.6. The van der Waals surface area contributed by atoms with Crippen molar-refractivity contribution >= 4 is 13.7 Å². The van der Waals surface area contributed by atoms with Crippen LogP contribution in [0, 0.1) is 0 Å². The van der Waals surface area contributed by atoms with Crippen molar-refractivity contribution in [2.75, 3.05) is 40.9 Å². The van der Waals surface area contributed by atoms with E-state index in [4.69, 9.17) is 9.05 Å². The predicted octanol–water partition coefficient (Wildman–Crippen LogP) is 15.2. The zero-order chi connectivity index (χ0) is 49.2. The summed E-state index contributed by atoms with van der Waals surface area (Å²) in [6.07, 6.45) is 70.8. The highest BCUT2D eigenvalue weighted by Crippen LogP contribution is 2.38. The Labute approximate surface area is 412 Å². The molecule has 67 heavy (non-hydrogen) atoms. The van der Waals surface area contributed by atoms with Gasteiger partial charge in [0.25, 0.3) is 7.82 Å². The largest absolute Gasteiger partial charge is 0.756 e. The van der Waals surface area contributed by atoms with Gasteiger partial charge in [-0.1, -0.05) is 212 Å². The maximum atomic E-state index is 12.9. The second-order valence-electron chi connectivity index (χ2n) is 18.5. The van der Waals surface area contributed by atoms with Crippen LogP contribution in [0.15, 0.2) is 122 Å². The van der Waals surface area contributed by atoms with Crippen LogP contribution in [0.3, 0.4) is 0 Å². The molecule has 9 heteroatoms. The number of quaternary nitrogens is 1. The maximum absolute atomic E-state index is 12.9. The van der Waals surface area contributed by atoms with Crippen molar-refractivity contribution in [3.05, 3.63) is 122 Å². The molecule has 3 unspecified atom stereocenters. The van der Waals surface area contributed by atoms with Crippen LogP contribution in [0.1, 0.15) is 187 Å². The molecule has 382 valence electrons. The highest BCUT2D eigenvalue weighted by molar-refractivity contribution is 7.45. The number of phosphoric acid groups is 1. The second kappa shape index (κ2) is 47.9. The summed E-state index contributed by atoms with van der Waals surface area (Å²) in [6, 6.07) is -0.832. The van der Waals surface area contributed by atoms with Crippen molar-refractivity contribution in [1.82, 2.24) is 5.32 Å². The van der Waals surface area contributed by atoms with E-state index >= 15 is 0 Å². The van der Waals surface area contributed by atoms with E-state index in [0.29, 0.717) is 30.3 Å². The molecule has 0 aliphatic heterocycles. The summed E-state index contributed by atoms with van der Waals surface area (Å²) < 4.78 is 23.3. The van der Waals surface area contributed by atoms with Crippen molar-refractivity contribution in [2.24, 2.45) is 0 Å². The normalized spacial score (nSPS) is 15.0. The number of phosphoric ester groups is 1. The lowest BCUT2D eigenvalue weighted by Gasteiger charge is -2.30. The molecule has 2 N–H and O–H groups in total. The number of nitrogens with zero attached hydrogens (tertiary/aromatic N) is 1. The Kier molecular flexibility index (Phi) is 45.7. The molecule has 0 saturated heterocycles. The van der Waals surface area contributed by atoms with Crippen LogP contribution in [0.5, 0.6) is 0 Å². The molecular weight excluding hydrogens is 852 g/mol. The lowest BCUT2D eigenvalue weighted by Crippen LogP contribution is -2.46. The summed E-state index contributed by atoms with van der Waals surface area (Å²) in [7, 11) is 1.25. The zero-order valence-electron chi connectivity index (χ0n) is 43.3. The molecule has 0 aliphatic carbocycles. The van der Waals surface area contributed by atoms with Gasteiger partial charge in [-0.3, -0.25) is 9.36 Å². The maximum Gasteiger partial charge on any atom is 0.268 e. The summed E-state index contributed by atoms with van der Waals surface area (Å²) in [4.78, 5) is 25.4. The summed E-state index contributed by atoms with van der Waals surface area (Å²) in [6.45, 7) is 4.54. The Morgan fingerprint density at radius 2 is 0.910 bits per heavy atom. The van der Waals surface area contributed by atoms with E-state index in [0.717, 1.165) is 96.3 Å². The first-order valence-corrected chi connectivity index (χ1v) is 27.8. The lowest BCUT2D eigenvalue weighted by atomic mass is 10.0. The molecule has 0 aliphatic rings. The number of allylic oxidation sites excluding steroid dienone is 20. The number of carbonyl (C=O) groups excluding carboxylic acids is 1. The smallest absolute Gasteiger partial charge is 0.268 e. The molecule has 0 radical (unpaired) electrons. The van der Waals surface area contributed by atoms with Crippen LogP contribution in [0.2, 0.25) is 0 Å². The predicted molar refractivity (Wildman–Crippen MR) is 288 cm³/mol. The molecular formula is C58H99N2O6P. The Morgan fingerprint density at radius 1 is 0.537 bits per heavy atom. The van der Waals surface area contributed by atoms with Gasteiger partial charge in [-0.15, -0.1) is 0 Å². The van der Waals surface area contributed by atoms with Gasteiger partial charge in [-0.25, -0.2) is 0 Å². The molecule has 0 aromatic rings. The number of nitrogens with one attached hydrogen (secondary N) is 1. The Balaban J connectivity index is 4.29. The molecule has 0 heterocycles. The molecule has 1 amide bonds. The van der Waals surface area contributed by atoms with Crippen LogP contribution in [-0.4, -0.2) is 68.5 Å². The second-order valence-corrected chi connectivity index (χ2v) is 19.9. The average Bonchev–Trinajstić information content (AvgIpc) is 3.29. The SMILES string of the molecule is CC/C=C\C/C=C\C/C=C\C/C=C\C/C=C\C/C=C\C/C=C\C/C=C\C/C=C\C/C=C\CCCCC(=O)NC(COP(=O)([O-])OCC[N+](C)(C)C)C(O)CCCCCCCCCCCCCC. The van der Waals surface area contributed by atoms with Crippen LogP contribution in [0.25, 0.3) is 0 Å². The molecule has 8 nitrogen and oxygen atoms in total. The minimum Gasteiger partial charge on any atom is -0.756 e. The minimum absolute atomic E-state index is 0.00344. The molecule has 0 aromatic carbocycles. The first kappa shape index (κ1) is 63.9. The summed E-state index contributed by atoms with van der Waals surface area (Å²) in [5.74, 6) is -0.214. The number of aliphatic hydroxyl groups is 1. The summed E-state index contributed by atoms with van der Waals surface area (Å²) in [5.41, 5.74) is 0. The quantitative estimate of drug-likeness (QED) is 0.0272. The third-order valence-corrected chi connectivity index (χ3v) is 11.9. The Bertz CT molecular complexity index is 1500. The number of hydrogen-bond acceptors (Lipinski definition) is 6. The molecule has 0 spiro atoms. The molecule has 0 rings (SSSR count). The zero-order valence-corrected chi connectivity index (χ0v) is 44.2. The van der Waals surface area contributed by atoms with Crippen LogP contribution < -0.4 is 10.2 Å². The molecule has 0 aromatic heterocycles. The van der Waals surface area contributed by atoms with E-state index in [1.807, 2.05) is 21.1 Å². The minimum atomic E-state index is -4.59. The fourth-order valence-electron chi connectivity index (χ4n) is 6.83. The van der Waals surface area contributed by atoms with Gasteiger partial charge in [0, 0.05) is 6.42 Å². The van der Waals surface area contributed by atoms with Gasteiger partial charge in [-0.2, -0.15) is 0 Å². The Hall–Kier alpha value is -3.10. The van der Waals surface area contributed by atoms with Gasteiger partial charge >= 0.3 is 0 Å². The van der Waals surface area contributed by atoms with Crippen molar-refractivity contribution in [2.45, 2.75) is 199 Å². The van der Waals surface area contributed by atoms with E-state index in [-0.39, 0.29) is 19.1 Å². The topological polar surface area (TPSA) is 108 Å². The monoisotopic (exact) mass is 951 g/mol. The number of unbranched alkanes of at least 4 members (excludes halogenated alkanes) is 13. The fourth-order valence-corrected chi connectivity index (χ4v) is 7.55. The highest BCUT2D eigenvalue weighted by atomic mass is 31.2. The van der Waals surface area contributed by atoms with Gasteiger partial charge in [0.05, 0.1) is 39.9 Å². The molecule has 0 saturated carbocycles. The summed E-state index contributed by atoms with van der Waals surface area (Å²) in [5, 5.41) is 13.9. The van der Waals surface area contributed by atoms with E-state index in [9.17, 15) is 19.4 Å². The number of likely N-dealkylation sites (N-methyl/N-ethyl adjacent to an activating group) is 1. The lowest BCUT2D eigenvalue weighted by molar-refractivity contribution is -0.870. The van der Waals surface area contributed by atoms with Crippen LogP contribution in [0.4, 0.5) is 0 Å². The average molecular weight is 951 g/mol. The molecule has 0 fully saturated rings. The van der Waals surface area contributed by atoms with Gasteiger partial charge in [0.1, 0.15) is 13.2 Å². The highest BCUT2D eigenvalue weighted by Gasteiger charge is 2.24. The van der Waals surface area contributed by atoms with Crippen molar-refractivity contribution in [3.8, 4) is 0 Å². The van der Waals surface area contributed by atoms with E-state index in [1.165, 1.54) is 57.8 Å². The van der Waals surface area contributed by atoms with E-state index in [1.54, 1.807) is 0 Å². The number of hydrogen-bond donors (Lipinski definition) is 2. The Morgan fingerprint density at radius 3 is 1.30 bits per heavy atom. The van der Waals surface area contributed by atoms with Gasteiger partial charge < -0.3 is 28.8 Å². The van der Waals surface area contributed by atoms with Crippen molar-refractivity contribution < 1.29 is 32.9 Å². The summed E-state index contributed by atoms with van der Waals surface area (Å²) >= 11 is 0. The van der Waals surface area contributed by atoms with Crippen molar-refractivity contribution in [1.29, 1.82) is 0 Å². The number of carbonyl (C=O) groups is 1. The number of rotatable bonds is 46.